The number of benzene rings is 5. The number of anilines is 3. The van der Waals surface area contributed by atoms with Crippen molar-refractivity contribution in [2.75, 3.05) is 4.90 Å². The van der Waals surface area contributed by atoms with Gasteiger partial charge in [-0.15, -0.1) is 0 Å². The number of hydrogen-bond acceptors (Lipinski definition) is 12. The lowest BCUT2D eigenvalue weighted by atomic mass is 10.1. The van der Waals surface area contributed by atoms with Crippen molar-refractivity contribution in [1.82, 2.24) is 15.0 Å². The van der Waals surface area contributed by atoms with E-state index in [4.69, 9.17) is 18.6 Å². The summed E-state index contributed by atoms with van der Waals surface area (Å²) in [6, 6.07) is 33.4. The van der Waals surface area contributed by atoms with Crippen LogP contribution in [0.1, 0.15) is 0 Å². The molecule has 0 spiro atoms. The second-order valence-corrected chi connectivity index (χ2v) is 12.3. The van der Waals surface area contributed by atoms with E-state index < -0.39 is 20.8 Å². The summed E-state index contributed by atoms with van der Waals surface area (Å²) in [4.78, 5) is 15.6. The van der Waals surface area contributed by atoms with Gasteiger partial charge in [0.05, 0.1) is 17.1 Å². The molecule has 1 aliphatic rings. The van der Waals surface area contributed by atoms with Crippen LogP contribution in [0.3, 0.4) is 0 Å². The molecule has 7 rings (SSSR count). The summed E-state index contributed by atoms with van der Waals surface area (Å²) in [7, 11) is -9.48. The summed E-state index contributed by atoms with van der Waals surface area (Å²) in [6.07, 6.45) is 0. The minimum absolute atomic E-state index is 0.112. The Hall–Kier alpha value is -6.07. The van der Waals surface area contributed by atoms with Crippen LogP contribution in [-0.2, 0) is 20.8 Å². The minimum atomic E-state index is -4.74. The van der Waals surface area contributed by atoms with Crippen LogP contribution in [0, 0.1) is 0 Å². The lowest BCUT2D eigenvalue weighted by Crippen LogP contribution is -2.16. The number of nitrogens with zero attached hydrogens (tertiary/aromatic N) is 4. The summed E-state index contributed by atoms with van der Waals surface area (Å²) in [5.41, 5.74) is 3.01. The highest BCUT2D eigenvalue weighted by molar-refractivity contribution is 7.81. The zero-order valence-electron chi connectivity index (χ0n) is 24.8. The fourth-order valence-corrected chi connectivity index (χ4v) is 5.72. The van der Waals surface area contributed by atoms with Crippen LogP contribution in [0.2, 0.25) is 0 Å². The van der Waals surface area contributed by atoms with E-state index in [2.05, 4.69) is 23.3 Å². The van der Waals surface area contributed by atoms with E-state index in [0.717, 1.165) is 11.4 Å². The number of aromatic nitrogens is 3. The number of ether oxygens (including phenoxy) is 2. The fraction of sp³-hybridized carbons (Fsp3) is 0. The highest BCUT2D eigenvalue weighted by Crippen LogP contribution is 2.52. The minimum Gasteiger partial charge on any atom is -0.453 e. The molecule has 14 nitrogen and oxygen atoms in total. The first-order valence-corrected chi connectivity index (χ1v) is 17.0. The van der Waals surface area contributed by atoms with Crippen LogP contribution in [0.15, 0.2) is 121 Å². The van der Waals surface area contributed by atoms with Gasteiger partial charge in [0.2, 0.25) is 0 Å². The smallest absolute Gasteiger partial charge is 0.446 e. The van der Waals surface area contributed by atoms with Crippen LogP contribution in [0.25, 0.3) is 22.8 Å². The molecule has 1 aliphatic heterocycles. The second-order valence-electron chi connectivity index (χ2n) is 10.3. The van der Waals surface area contributed by atoms with Crippen LogP contribution in [0.4, 0.5) is 17.1 Å². The third-order valence-corrected chi connectivity index (χ3v) is 7.79. The molecule has 0 unspecified atom stereocenters. The van der Waals surface area contributed by atoms with E-state index in [1.54, 1.807) is 12.1 Å². The molecule has 2 N–H and O–H groups in total. The van der Waals surface area contributed by atoms with Crippen LogP contribution in [0.5, 0.6) is 34.8 Å². The molecule has 0 amide bonds. The van der Waals surface area contributed by atoms with Gasteiger partial charge in [0.15, 0.2) is 28.9 Å². The Morgan fingerprint density at radius 1 is 0.531 bits per heavy atom. The van der Waals surface area contributed by atoms with E-state index >= 15 is 0 Å². The van der Waals surface area contributed by atoms with Crippen LogP contribution in [-0.4, -0.2) is 40.9 Å². The average Bonchev–Trinajstić information content (AvgIpc) is 3.07. The first kappa shape index (κ1) is 31.5. The maximum Gasteiger partial charge on any atom is 0.446 e. The van der Waals surface area contributed by atoms with Gasteiger partial charge < -0.3 is 17.8 Å². The molecule has 0 radical (unpaired) electrons. The molecule has 49 heavy (non-hydrogen) atoms. The normalized spacial score (nSPS) is 12.3. The molecule has 2 heterocycles. The third kappa shape index (κ3) is 7.12. The highest BCUT2D eigenvalue weighted by Gasteiger charge is 2.28. The van der Waals surface area contributed by atoms with Crippen molar-refractivity contribution in [2.45, 2.75) is 0 Å². The van der Waals surface area contributed by atoms with E-state index in [-0.39, 0.29) is 29.2 Å². The van der Waals surface area contributed by atoms with Gasteiger partial charge in [0.25, 0.3) is 0 Å². The van der Waals surface area contributed by atoms with Crippen molar-refractivity contribution in [3.63, 3.8) is 0 Å². The Kier molecular flexibility index (Phi) is 8.05. The summed E-state index contributed by atoms with van der Waals surface area (Å²) in [5, 5.41) is 0. The van der Waals surface area contributed by atoms with Crippen molar-refractivity contribution in [2.24, 2.45) is 0 Å². The summed E-state index contributed by atoms with van der Waals surface area (Å²) in [5.74, 6) is 1.61. The van der Waals surface area contributed by atoms with Crippen molar-refractivity contribution in [3.05, 3.63) is 121 Å². The molecule has 0 fully saturated rings. The number of para-hydroxylation sites is 6. The SMILES string of the molecule is O=S(=O)(O)Oc1ccc(-c2nc(Oc3ccccc3N3c4ccccc4Oc4ccccc43)nc(-c3ccc(OS(=O)(=O)O)cc3)n2)cc1. The van der Waals surface area contributed by atoms with Gasteiger partial charge in [-0.25, -0.2) is 4.98 Å². The Labute approximate surface area is 279 Å². The van der Waals surface area contributed by atoms with Crippen LogP contribution < -0.4 is 22.7 Å². The van der Waals surface area contributed by atoms with Gasteiger partial charge in [0, 0.05) is 11.1 Å². The van der Waals surface area contributed by atoms with E-state index in [9.17, 15) is 16.8 Å². The molecule has 1 aromatic heterocycles. The number of hydrogen-bond donors (Lipinski definition) is 2. The first-order chi connectivity index (χ1) is 23.5. The topological polar surface area (TPSA) is 188 Å². The predicted molar refractivity (Wildman–Crippen MR) is 176 cm³/mol. The average molecular weight is 699 g/mol. The Bertz CT molecular complexity index is 2270. The molecule has 5 aromatic carbocycles. The van der Waals surface area contributed by atoms with Gasteiger partial charge >= 0.3 is 26.8 Å². The summed E-state index contributed by atoms with van der Waals surface area (Å²) < 4.78 is 84.3. The van der Waals surface area contributed by atoms with Gasteiger partial charge in [-0.3, -0.25) is 14.0 Å². The maximum absolute atomic E-state index is 11.2. The Morgan fingerprint density at radius 3 is 1.43 bits per heavy atom. The van der Waals surface area contributed by atoms with E-state index in [0.29, 0.717) is 34.1 Å². The maximum atomic E-state index is 11.2. The molecule has 0 saturated carbocycles. The molecule has 6 aromatic rings. The van der Waals surface area contributed by atoms with Gasteiger partial charge in [0.1, 0.15) is 11.5 Å². The molecular weight excluding hydrogens is 677 g/mol. The predicted octanol–water partition coefficient (Wildman–Crippen LogP) is 6.94. The molecule has 0 aliphatic carbocycles. The first-order valence-electron chi connectivity index (χ1n) is 14.2. The quantitative estimate of drug-likeness (QED) is 0.148. The zero-order valence-corrected chi connectivity index (χ0v) is 26.4. The van der Waals surface area contributed by atoms with Gasteiger partial charge in [-0.1, -0.05) is 36.4 Å². The number of rotatable bonds is 9. The van der Waals surface area contributed by atoms with Crippen molar-refractivity contribution in [1.29, 1.82) is 0 Å². The largest absolute Gasteiger partial charge is 0.453 e. The molecule has 0 atom stereocenters. The lowest BCUT2D eigenvalue weighted by Gasteiger charge is -2.33. The monoisotopic (exact) mass is 698 g/mol. The molecule has 16 heteroatoms. The summed E-state index contributed by atoms with van der Waals surface area (Å²) in [6.45, 7) is 0. The van der Waals surface area contributed by atoms with Crippen molar-refractivity contribution in [3.8, 4) is 57.5 Å². The van der Waals surface area contributed by atoms with Crippen molar-refractivity contribution >= 4 is 37.9 Å². The van der Waals surface area contributed by atoms with Gasteiger partial charge in [-0.2, -0.15) is 26.8 Å². The van der Waals surface area contributed by atoms with E-state index in [1.807, 2.05) is 65.6 Å². The van der Waals surface area contributed by atoms with Gasteiger partial charge in [-0.05, 0) is 84.9 Å². The van der Waals surface area contributed by atoms with Crippen molar-refractivity contribution < 1.29 is 43.8 Å². The lowest BCUT2D eigenvalue weighted by molar-refractivity contribution is 0.384. The fourth-order valence-electron chi connectivity index (χ4n) is 5.01. The zero-order chi connectivity index (χ0) is 34.2. The van der Waals surface area contributed by atoms with E-state index in [1.165, 1.54) is 48.5 Å². The highest BCUT2D eigenvalue weighted by atomic mass is 32.3. The molecular formula is C33H22N4O10S2. The number of fused-ring (bicyclic) bond motifs is 2. The molecule has 0 saturated heterocycles. The molecule has 0 bridgehead atoms. The second kappa shape index (κ2) is 12.5. The summed E-state index contributed by atoms with van der Waals surface area (Å²) >= 11 is 0. The van der Waals surface area contributed by atoms with Crippen LogP contribution >= 0.6 is 0 Å². The molecule has 246 valence electrons. The standard InChI is InChI=1S/C33H22N4O10S2/c38-48(39,40)46-23-17-13-21(14-18-23)31-34-32(22-15-19-24(20-16-22)47-49(41,42)43)36-33(35-31)45-30-12-6-3-9-27(30)37-25-7-1-4-10-28(25)44-29-11-5-2-8-26(29)37/h1-20H,(H,38,39,40)(H,41,42,43). The Balaban J connectivity index is 1.31. The third-order valence-electron chi connectivity index (χ3n) is 6.98. The Morgan fingerprint density at radius 2 is 0.959 bits per heavy atom.